The molecule has 2 aromatic rings. The third-order valence-corrected chi connectivity index (χ3v) is 5.43. The van der Waals surface area contributed by atoms with E-state index in [-0.39, 0.29) is 29.8 Å². The Labute approximate surface area is 165 Å². The highest BCUT2D eigenvalue weighted by atomic mass is 35.5. The average Bonchev–Trinajstić information content (AvgIpc) is 3.22. The topological polar surface area (TPSA) is 68.5 Å². The molecular weight excluding hydrogens is 370 g/mol. The summed E-state index contributed by atoms with van der Waals surface area (Å²) in [5, 5.41) is 2.69. The number of amides is 1. The second kappa shape index (κ2) is 8.37. The quantitative estimate of drug-likeness (QED) is 0.835. The van der Waals surface area contributed by atoms with Crippen molar-refractivity contribution in [3.63, 3.8) is 0 Å². The maximum absolute atomic E-state index is 12.7. The molecule has 1 amide bonds. The molecule has 3 rings (SSSR count). The summed E-state index contributed by atoms with van der Waals surface area (Å²) in [5.74, 6) is 0.837. The third kappa shape index (κ3) is 4.55. The first-order valence-electron chi connectivity index (χ1n) is 8.62. The van der Waals surface area contributed by atoms with Crippen molar-refractivity contribution in [2.45, 2.75) is 33.3 Å². The van der Waals surface area contributed by atoms with E-state index in [0.717, 1.165) is 29.3 Å². The van der Waals surface area contributed by atoms with Crippen molar-refractivity contribution in [3.8, 4) is 16.3 Å². The standard InChI is InChI=1S/C19H25N3O2S.ClH/c1-13(2)24-15-6-4-14(5-7-15)17-21-16(10-25-17)18(23)22-9-8-19(3,11-20)12-22;/h4-7,10,13H,8-9,11-12,20H2,1-3H3;1H. The highest BCUT2D eigenvalue weighted by Crippen LogP contribution is 2.31. The molecule has 1 fully saturated rings. The van der Waals surface area contributed by atoms with Gasteiger partial charge in [-0.05, 0) is 56.5 Å². The Morgan fingerprint density at radius 2 is 2.08 bits per heavy atom. The summed E-state index contributed by atoms with van der Waals surface area (Å²) in [6.45, 7) is 8.19. The lowest BCUT2D eigenvalue weighted by molar-refractivity contribution is 0.0772. The summed E-state index contributed by atoms with van der Waals surface area (Å²) in [6.07, 6.45) is 1.10. The number of carbonyl (C=O) groups is 1. The van der Waals surface area contributed by atoms with Crippen molar-refractivity contribution in [2.75, 3.05) is 19.6 Å². The van der Waals surface area contributed by atoms with Gasteiger partial charge in [-0.25, -0.2) is 4.98 Å². The molecule has 0 aliphatic carbocycles. The van der Waals surface area contributed by atoms with E-state index in [1.54, 1.807) is 0 Å². The molecule has 1 aliphatic heterocycles. The van der Waals surface area contributed by atoms with Crippen LogP contribution in [0.2, 0.25) is 0 Å². The molecule has 142 valence electrons. The highest BCUT2D eigenvalue weighted by Gasteiger charge is 2.35. The van der Waals surface area contributed by atoms with Crippen molar-refractivity contribution in [1.29, 1.82) is 0 Å². The second-order valence-corrected chi connectivity index (χ2v) is 8.08. The molecule has 5 nitrogen and oxygen atoms in total. The Morgan fingerprint density at radius 3 is 2.65 bits per heavy atom. The Bertz CT molecular complexity index is 747. The highest BCUT2D eigenvalue weighted by molar-refractivity contribution is 7.13. The maximum atomic E-state index is 12.7. The van der Waals surface area contributed by atoms with E-state index in [1.165, 1.54) is 11.3 Å². The van der Waals surface area contributed by atoms with Gasteiger partial charge in [0.2, 0.25) is 0 Å². The third-order valence-electron chi connectivity index (χ3n) is 4.53. The fraction of sp³-hybridized carbons (Fsp3) is 0.474. The van der Waals surface area contributed by atoms with E-state index in [1.807, 2.05) is 48.4 Å². The fourth-order valence-electron chi connectivity index (χ4n) is 2.98. The predicted octanol–water partition coefficient (Wildman–Crippen LogP) is 3.83. The fourth-order valence-corrected chi connectivity index (χ4v) is 3.78. The number of hydrogen-bond acceptors (Lipinski definition) is 5. The number of likely N-dealkylation sites (tertiary alicyclic amines) is 1. The molecule has 1 atom stereocenters. The number of benzene rings is 1. The van der Waals surface area contributed by atoms with Crippen molar-refractivity contribution in [1.82, 2.24) is 9.88 Å². The number of thiazole rings is 1. The number of nitrogens with two attached hydrogens (primary N) is 1. The van der Waals surface area contributed by atoms with Crippen LogP contribution in [0, 0.1) is 5.41 Å². The number of ether oxygens (including phenoxy) is 1. The minimum Gasteiger partial charge on any atom is -0.491 e. The zero-order valence-electron chi connectivity index (χ0n) is 15.4. The van der Waals surface area contributed by atoms with Crippen LogP contribution in [0.25, 0.3) is 10.6 Å². The maximum Gasteiger partial charge on any atom is 0.273 e. The van der Waals surface area contributed by atoms with Crippen molar-refractivity contribution < 1.29 is 9.53 Å². The van der Waals surface area contributed by atoms with Gasteiger partial charge >= 0.3 is 0 Å². The Balaban J connectivity index is 0.00000243. The number of rotatable bonds is 5. The average molecular weight is 396 g/mol. The number of carbonyl (C=O) groups excluding carboxylic acids is 1. The number of hydrogen-bond donors (Lipinski definition) is 1. The molecule has 0 radical (unpaired) electrons. The lowest BCUT2D eigenvalue weighted by Gasteiger charge is -2.22. The first-order valence-corrected chi connectivity index (χ1v) is 9.50. The van der Waals surface area contributed by atoms with Crippen LogP contribution in [0.5, 0.6) is 5.75 Å². The van der Waals surface area contributed by atoms with Gasteiger partial charge in [0.05, 0.1) is 6.10 Å². The van der Waals surface area contributed by atoms with Crippen molar-refractivity contribution in [2.24, 2.45) is 11.1 Å². The van der Waals surface area contributed by atoms with Crippen LogP contribution in [0.4, 0.5) is 0 Å². The van der Waals surface area contributed by atoms with Gasteiger partial charge in [-0.2, -0.15) is 0 Å². The van der Waals surface area contributed by atoms with Gasteiger partial charge in [-0.15, -0.1) is 23.7 Å². The van der Waals surface area contributed by atoms with Gasteiger partial charge in [0.15, 0.2) is 0 Å². The molecule has 1 saturated heterocycles. The smallest absolute Gasteiger partial charge is 0.273 e. The second-order valence-electron chi connectivity index (χ2n) is 7.22. The monoisotopic (exact) mass is 395 g/mol. The lowest BCUT2D eigenvalue weighted by atomic mass is 9.90. The molecule has 0 bridgehead atoms. The van der Waals surface area contributed by atoms with Gasteiger partial charge < -0.3 is 15.4 Å². The summed E-state index contributed by atoms with van der Waals surface area (Å²) >= 11 is 1.49. The van der Waals surface area contributed by atoms with Gasteiger partial charge in [0.1, 0.15) is 16.5 Å². The van der Waals surface area contributed by atoms with Crippen LogP contribution < -0.4 is 10.5 Å². The van der Waals surface area contributed by atoms with E-state index in [2.05, 4.69) is 11.9 Å². The minimum atomic E-state index is -0.000522. The van der Waals surface area contributed by atoms with Crippen LogP contribution in [-0.2, 0) is 0 Å². The summed E-state index contributed by atoms with van der Waals surface area (Å²) in [5.41, 5.74) is 7.37. The molecule has 1 aliphatic rings. The zero-order chi connectivity index (χ0) is 18.0. The normalized spacial score (nSPS) is 19.5. The van der Waals surface area contributed by atoms with Gasteiger partial charge in [-0.1, -0.05) is 6.92 Å². The van der Waals surface area contributed by atoms with Gasteiger partial charge in [0.25, 0.3) is 5.91 Å². The number of nitrogens with zero attached hydrogens (tertiary/aromatic N) is 2. The summed E-state index contributed by atoms with van der Waals surface area (Å²) in [7, 11) is 0. The first kappa shape index (κ1) is 20.7. The molecule has 1 unspecified atom stereocenters. The molecule has 0 spiro atoms. The summed E-state index contributed by atoms with van der Waals surface area (Å²) in [6, 6.07) is 7.83. The van der Waals surface area contributed by atoms with E-state index in [0.29, 0.717) is 18.8 Å². The van der Waals surface area contributed by atoms with Crippen molar-refractivity contribution >= 4 is 29.7 Å². The SMILES string of the molecule is CC(C)Oc1ccc(-c2nc(C(=O)N3CCC(C)(CN)C3)cs2)cc1.Cl. The molecule has 7 heteroatoms. The van der Waals surface area contributed by atoms with E-state index in [9.17, 15) is 4.79 Å². The first-order chi connectivity index (χ1) is 11.9. The van der Waals surface area contributed by atoms with Crippen LogP contribution >= 0.6 is 23.7 Å². The molecule has 2 N–H and O–H groups in total. The van der Waals surface area contributed by atoms with Crippen LogP contribution in [0.1, 0.15) is 37.7 Å². The van der Waals surface area contributed by atoms with E-state index >= 15 is 0 Å². The zero-order valence-corrected chi connectivity index (χ0v) is 17.0. The lowest BCUT2D eigenvalue weighted by Crippen LogP contribution is -2.34. The summed E-state index contributed by atoms with van der Waals surface area (Å²) < 4.78 is 5.66. The van der Waals surface area contributed by atoms with E-state index < -0.39 is 0 Å². The molecule has 2 heterocycles. The summed E-state index contributed by atoms with van der Waals surface area (Å²) in [4.78, 5) is 19.1. The Kier molecular flexibility index (Phi) is 6.66. The number of aromatic nitrogens is 1. The minimum absolute atomic E-state index is 0. The largest absolute Gasteiger partial charge is 0.491 e. The molecule has 26 heavy (non-hydrogen) atoms. The Hall–Kier alpha value is -1.63. The van der Waals surface area contributed by atoms with Crippen LogP contribution in [0.15, 0.2) is 29.6 Å². The van der Waals surface area contributed by atoms with Gasteiger partial charge in [0, 0.05) is 24.0 Å². The van der Waals surface area contributed by atoms with Crippen LogP contribution in [0.3, 0.4) is 0 Å². The van der Waals surface area contributed by atoms with Gasteiger partial charge in [-0.3, -0.25) is 4.79 Å². The molecular formula is C19H26ClN3O2S. The van der Waals surface area contributed by atoms with E-state index in [4.69, 9.17) is 10.5 Å². The molecule has 1 aromatic heterocycles. The predicted molar refractivity (Wildman–Crippen MR) is 108 cm³/mol. The van der Waals surface area contributed by atoms with Crippen molar-refractivity contribution in [3.05, 3.63) is 35.3 Å². The Morgan fingerprint density at radius 1 is 1.38 bits per heavy atom. The molecule has 1 aromatic carbocycles. The molecule has 0 saturated carbocycles. The number of halogens is 1. The van der Waals surface area contributed by atoms with Crippen LogP contribution in [-0.4, -0.2) is 41.5 Å².